The number of hydrogen-bond acceptors (Lipinski definition) is 3. The molecule has 0 aliphatic heterocycles. The molecule has 1 aliphatic rings. The molecule has 0 unspecified atom stereocenters. The molecule has 0 saturated heterocycles. The number of amides is 1. The van der Waals surface area contributed by atoms with E-state index in [0.29, 0.717) is 17.4 Å². The smallest absolute Gasteiger partial charge is 0.354 e. The van der Waals surface area contributed by atoms with Crippen molar-refractivity contribution in [3.05, 3.63) is 46.5 Å². The molecule has 2 aromatic heterocycles. The van der Waals surface area contributed by atoms with Crippen LogP contribution < -0.4 is 5.32 Å². The third kappa shape index (κ3) is 2.97. The maximum Gasteiger partial charge on any atom is 0.354 e. The van der Waals surface area contributed by atoms with E-state index < -0.39 is 5.97 Å². The van der Waals surface area contributed by atoms with Crippen LogP contribution in [0.15, 0.2) is 35.1 Å². The fourth-order valence-corrected chi connectivity index (χ4v) is 2.51. The molecule has 2 aromatic rings. The van der Waals surface area contributed by atoms with Crippen LogP contribution in [0, 0.1) is 0 Å². The molecule has 0 radical (unpaired) electrons. The lowest BCUT2D eigenvalue weighted by molar-refractivity contribution is 0.0690. The molecule has 3 rings (SSSR count). The van der Waals surface area contributed by atoms with E-state index in [1.165, 1.54) is 18.3 Å². The monoisotopic (exact) mass is 349 g/mol. The van der Waals surface area contributed by atoms with Crippen LogP contribution in [0.2, 0.25) is 0 Å². The summed E-state index contributed by atoms with van der Waals surface area (Å²) in [6, 6.07) is 5.04. The van der Waals surface area contributed by atoms with Gasteiger partial charge in [0.2, 0.25) is 0 Å². The van der Waals surface area contributed by atoms with E-state index in [9.17, 15) is 9.59 Å². The summed E-state index contributed by atoms with van der Waals surface area (Å²) in [5.74, 6) is -1.34. The van der Waals surface area contributed by atoms with Gasteiger partial charge in [-0.05, 0) is 47.0 Å². The highest BCUT2D eigenvalue weighted by molar-refractivity contribution is 9.10. The molecule has 1 aliphatic carbocycles. The van der Waals surface area contributed by atoms with Crippen LogP contribution in [-0.2, 0) is 0 Å². The van der Waals surface area contributed by atoms with Gasteiger partial charge in [0.15, 0.2) is 0 Å². The first-order valence-electron chi connectivity index (χ1n) is 6.42. The van der Waals surface area contributed by atoms with Gasteiger partial charge < -0.3 is 15.0 Å². The Balaban J connectivity index is 1.78. The van der Waals surface area contributed by atoms with Crippen LogP contribution in [0.25, 0.3) is 0 Å². The second-order valence-electron chi connectivity index (χ2n) is 4.87. The van der Waals surface area contributed by atoms with Gasteiger partial charge in [-0.3, -0.25) is 4.79 Å². The Bertz CT molecular complexity index is 705. The van der Waals surface area contributed by atoms with Crippen molar-refractivity contribution in [2.75, 3.05) is 5.32 Å². The van der Waals surface area contributed by atoms with E-state index in [2.05, 4.69) is 26.2 Å². The zero-order chi connectivity index (χ0) is 15.0. The van der Waals surface area contributed by atoms with Gasteiger partial charge in [0.25, 0.3) is 5.91 Å². The quantitative estimate of drug-likeness (QED) is 0.888. The van der Waals surface area contributed by atoms with Crippen LogP contribution in [0.5, 0.6) is 0 Å². The molecule has 0 aromatic carbocycles. The Labute approximate surface area is 128 Å². The highest BCUT2D eigenvalue weighted by atomic mass is 79.9. The molecular formula is C14H12BrN3O3. The lowest BCUT2D eigenvalue weighted by atomic mass is 10.3. The molecule has 6 nitrogen and oxygen atoms in total. The number of carboxylic acids is 1. The SMILES string of the molecule is O=C(O)c1ccc(NC(=O)c2cc(Br)cn2C2CC2)cn1. The van der Waals surface area contributed by atoms with Gasteiger partial charge >= 0.3 is 5.97 Å². The van der Waals surface area contributed by atoms with Crippen molar-refractivity contribution in [2.45, 2.75) is 18.9 Å². The number of anilines is 1. The Morgan fingerprint density at radius 2 is 2.14 bits per heavy atom. The Hall–Kier alpha value is -2.15. The van der Waals surface area contributed by atoms with Crippen molar-refractivity contribution in [1.29, 1.82) is 0 Å². The number of carbonyl (C=O) groups is 2. The minimum atomic E-state index is -1.10. The number of rotatable bonds is 4. The molecule has 0 bridgehead atoms. The standard InChI is InChI=1S/C14H12BrN3O3/c15-8-5-12(18(7-8)10-2-3-10)13(19)17-9-1-4-11(14(20)21)16-6-9/h1,4-7,10H,2-3H2,(H,17,19)(H,20,21). The van der Waals surface area contributed by atoms with Crippen molar-refractivity contribution in [2.24, 2.45) is 0 Å². The summed E-state index contributed by atoms with van der Waals surface area (Å²) < 4.78 is 2.82. The number of hydrogen-bond donors (Lipinski definition) is 2. The summed E-state index contributed by atoms with van der Waals surface area (Å²) in [4.78, 5) is 26.8. The summed E-state index contributed by atoms with van der Waals surface area (Å²) in [6.45, 7) is 0. The van der Waals surface area contributed by atoms with Gasteiger partial charge in [-0.25, -0.2) is 9.78 Å². The fourth-order valence-electron chi connectivity index (χ4n) is 2.07. The maximum atomic E-state index is 12.3. The molecule has 1 amide bonds. The minimum absolute atomic E-state index is 0.0582. The maximum absolute atomic E-state index is 12.3. The predicted octanol–water partition coefficient (Wildman–Crippen LogP) is 2.93. The Kier molecular flexibility index (Phi) is 3.50. The number of carbonyl (C=O) groups excluding carboxylic acids is 1. The first kappa shape index (κ1) is 13.8. The van der Waals surface area contributed by atoms with Gasteiger partial charge in [-0.1, -0.05) is 0 Å². The number of pyridine rings is 1. The van der Waals surface area contributed by atoms with Crippen LogP contribution in [-0.4, -0.2) is 26.5 Å². The molecule has 108 valence electrons. The van der Waals surface area contributed by atoms with E-state index in [4.69, 9.17) is 5.11 Å². The van der Waals surface area contributed by atoms with E-state index in [1.54, 1.807) is 6.07 Å². The highest BCUT2D eigenvalue weighted by Crippen LogP contribution is 2.37. The predicted molar refractivity (Wildman–Crippen MR) is 79.6 cm³/mol. The molecule has 1 fully saturated rings. The Morgan fingerprint density at radius 3 is 2.71 bits per heavy atom. The number of aromatic carboxylic acids is 1. The third-order valence-corrected chi connectivity index (χ3v) is 3.66. The second kappa shape index (κ2) is 5.33. The first-order chi connectivity index (χ1) is 10.0. The lowest BCUT2D eigenvalue weighted by Crippen LogP contribution is -2.16. The summed E-state index contributed by atoms with van der Waals surface area (Å²) >= 11 is 3.38. The summed E-state index contributed by atoms with van der Waals surface area (Å²) in [7, 11) is 0. The van der Waals surface area contributed by atoms with Gasteiger partial charge in [-0.2, -0.15) is 0 Å². The van der Waals surface area contributed by atoms with Crippen LogP contribution >= 0.6 is 15.9 Å². The average Bonchev–Trinajstić information content (AvgIpc) is 3.22. The third-order valence-electron chi connectivity index (χ3n) is 3.23. The van der Waals surface area contributed by atoms with Crippen molar-refractivity contribution in [1.82, 2.24) is 9.55 Å². The van der Waals surface area contributed by atoms with Crippen molar-refractivity contribution in [3.8, 4) is 0 Å². The number of halogens is 1. The van der Waals surface area contributed by atoms with E-state index in [0.717, 1.165) is 17.3 Å². The molecule has 1 saturated carbocycles. The van der Waals surface area contributed by atoms with Crippen molar-refractivity contribution in [3.63, 3.8) is 0 Å². The first-order valence-corrected chi connectivity index (χ1v) is 7.22. The van der Waals surface area contributed by atoms with Gasteiger partial charge in [0.1, 0.15) is 11.4 Å². The molecule has 0 atom stereocenters. The topological polar surface area (TPSA) is 84.2 Å². The normalized spacial score (nSPS) is 14.0. The molecular weight excluding hydrogens is 338 g/mol. The van der Waals surface area contributed by atoms with Gasteiger partial charge in [0.05, 0.1) is 11.9 Å². The molecule has 0 spiro atoms. The van der Waals surface area contributed by atoms with Crippen LogP contribution in [0.1, 0.15) is 39.9 Å². The summed E-state index contributed by atoms with van der Waals surface area (Å²) in [5, 5.41) is 11.5. The van der Waals surface area contributed by atoms with Crippen LogP contribution in [0.3, 0.4) is 0 Å². The number of nitrogens with zero attached hydrogens (tertiary/aromatic N) is 2. The second-order valence-corrected chi connectivity index (χ2v) is 5.79. The summed E-state index contributed by atoms with van der Waals surface area (Å²) in [6.07, 6.45) is 5.39. The fraction of sp³-hybridized carbons (Fsp3) is 0.214. The average molecular weight is 350 g/mol. The lowest BCUT2D eigenvalue weighted by Gasteiger charge is -2.08. The zero-order valence-electron chi connectivity index (χ0n) is 10.9. The van der Waals surface area contributed by atoms with Gasteiger partial charge in [0, 0.05) is 16.7 Å². The number of aromatic nitrogens is 2. The zero-order valence-corrected chi connectivity index (χ0v) is 12.5. The molecule has 21 heavy (non-hydrogen) atoms. The molecule has 2 N–H and O–H groups in total. The van der Waals surface area contributed by atoms with Gasteiger partial charge in [-0.15, -0.1) is 0 Å². The van der Waals surface area contributed by atoms with E-state index >= 15 is 0 Å². The van der Waals surface area contributed by atoms with Crippen LogP contribution in [0.4, 0.5) is 5.69 Å². The summed E-state index contributed by atoms with van der Waals surface area (Å²) in [5.41, 5.74) is 0.980. The number of nitrogens with one attached hydrogen (secondary N) is 1. The Morgan fingerprint density at radius 1 is 1.38 bits per heavy atom. The number of carboxylic acid groups (broad SMARTS) is 1. The van der Waals surface area contributed by atoms with E-state index in [1.807, 2.05) is 10.8 Å². The van der Waals surface area contributed by atoms with E-state index in [-0.39, 0.29) is 11.6 Å². The van der Waals surface area contributed by atoms with Crippen molar-refractivity contribution >= 4 is 33.5 Å². The largest absolute Gasteiger partial charge is 0.477 e. The van der Waals surface area contributed by atoms with Crippen molar-refractivity contribution < 1.29 is 14.7 Å². The minimum Gasteiger partial charge on any atom is -0.477 e. The molecule has 7 heteroatoms. The molecule has 2 heterocycles. The highest BCUT2D eigenvalue weighted by Gasteiger charge is 2.27.